The van der Waals surface area contributed by atoms with Gasteiger partial charge in [-0.1, -0.05) is 20.3 Å². The molecule has 5 rings (SSSR count). The molecule has 0 bridgehead atoms. The minimum Gasteiger partial charge on any atom is -0.508 e. The summed E-state index contributed by atoms with van der Waals surface area (Å²) in [4.78, 5) is 11.7. The molecule has 1 aromatic rings. The number of unbranched alkanes of at least 4 members (excludes halogenated alkanes) is 1. The number of benzene rings is 1. The van der Waals surface area contributed by atoms with Crippen LogP contribution in [0.5, 0.6) is 11.5 Å². The average Bonchev–Trinajstić information content (AvgIpc) is 3.13. The van der Waals surface area contributed by atoms with Crippen LogP contribution in [-0.4, -0.2) is 39.4 Å². The van der Waals surface area contributed by atoms with E-state index in [-0.39, 0.29) is 28.6 Å². The molecule has 0 aromatic heterocycles. The summed E-state index contributed by atoms with van der Waals surface area (Å²) in [6, 6.07) is 5.70. The molecular weight excluding hydrogens is 416 g/mol. The molecule has 0 unspecified atom stereocenters. The van der Waals surface area contributed by atoms with Gasteiger partial charge in [-0.2, -0.15) is 0 Å². The molecule has 0 saturated heterocycles. The van der Waals surface area contributed by atoms with E-state index in [2.05, 4.69) is 13.8 Å². The van der Waals surface area contributed by atoms with Gasteiger partial charge in [-0.15, -0.1) is 0 Å². The van der Waals surface area contributed by atoms with Gasteiger partial charge in [0.1, 0.15) is 17.1 Å². The van der Waals surface area contributed by atoms with E-state index in [4.69, 9.17) is 14.9 Å². The highest BCUT2D eigenvalue weighted by Gasteiger charge is 2.59. The van der Waals surface area contributed by atoms with Gasteiger partial charge in [-0.3, -0.25) is 4.79 Å². The summed E-state index contributed by atoms with van der Waals surface area (Å²) in [6.07, 6.45) is 14.3. The maximum Gasteiger partial charge on any atom is 0.178 e. The number of aromatic hydroxyl groups is 2. The van der Waals surface area contributed by atoms with E-state index in [1.54, 1.807) is 18.2 Å². The Labute approximate surface area is 197 Å². The number of carbonyl (C=O) groups is 1. The summed E-state index contributed by atoms with van der Waals surface area (Å²) in [5.74, 6) is 1.84. The number of hydrogen-bond acceptors (Lipinski definition) is 5. The fourth-order valence-corrected chi connectivity index (χ4v) is 6.89. The molecule has 0 aliphatic heterocycles. The zero-order valence-corrected chi connectivity index (χ0v) is 19.9. The first-order valence-electron chi connectivity index (χ1n) is 12.5. The van der Waals surface area contributed by atoms with Crippen molar-refractivity contribution < 1.29 is 24.9 Å². The molecule has 5 heteroatoms. The fraction of sp³-hybridized carbons (Fsp3) is 0.607. The third kappa shape index (κ3) is 4.63. The van der Waals surface area contributed by atoms with Crippen LogP contribution in [0, 0.1) is 23.2 Å². The predicted octanol–water partition coefficient (Wildman–Crippen LogP) is 5.30. The molecule has 180 valence electrons. The smallest absolute Gasteiger partial charge is 0.178 e. The van der Waals surface area contributed by atoms with Crippen LogP contribution in [0.15, 0.2) is 48.1 Å². The third-order valence-corrected chi connectivity index (χ3v) is 8.66. The monoisotopic (exact) mass is 454 g/mol. The van der Waals surface area contributed by atoms with Crippen LogP contribution < -0.4 is 0 Å². The maximum absolute atomic E-state index is 11.7. The number of allylic oxidation sites excluding steroid dienone is 2. The number of phenols is 2. The highest BCUT2D eigenvalue weighted by Crippen LogP contribution is 2.62. The fourth-order valence-electron chi connectivity index (χ4n) is 6.89. The number of phenolic OH excluding ortho intramolecular Hbond substituents is 2. The van der Waals surface area contributed by atoms with Gasteiger partial charge in [0.15, 0.2) is 5.78 Å². The first-order chi connectivity index (χ1) is 15.8. The summed E-state index contributed by atoms with van der Waals surface area (Å²) in [6.45, 7) is 5.54. The second-order valence-corrected chi connectivity index (χ2v) is 10.5. The SMILES string of the molecule is CCCCO[C@H]1CC[C@H]2[C@@H]3CCC4=CC(=O)C=C[C@]4(O)[C@H]3CC[C@]12C.Oc1ccc(O)cc1. The van der Waals surface area contributed by atoms with E-state index >= 15 is 0 Å². The molecule has 4 aliphatic carbocycles. The number of rotatable bonds is 4. The topological polar surface area (TPSA) is 87.0 Å². The standard InChI is InChI=1S/C22H32O3.C6H6O2/c1-3-4-13-25-20-8-7-18-17-6-5-15-14-16(23)9-12-22(15,24)19(17)10-11-21(18,20)2;7-5-1-2-6(8)4-3-5/h9,12,14,17-20,24H,3-8,10-11,13H2,1-2H3;1-4,7-8H/t17-,18-,19-,20-,21-,22+;/m0./s1. The number of fused-ring (bicyclic) bond motifs is 5. The molecule has 6 atom stereocenters. The van der Waals surface area contributed by atoms with Gasteiger partial charge in [-0.25, -0.2) is 0 Å². The van der Waals surface area contributed by atoms with Crippen molar-refractivity contribution in [3.05, 3.63) is 48.1 Å². The molecule has 5 nitrogen and oxygen atoms in total. The van der Waals surface area contributed by atoms with Crippen LogP contribution in [0.3, 0.4) is 0 Å². The van der Waals surface area contributed by atoms with E-state index in [0.29, 0.717) is 17.9 Å². The minimum atomic E-state index is -0.876. The molecule has 0 spiro atoms. The van der Waals surface area contributed by atoms with Crippen LogP contribution >= 0.6 is 0 Å². The Morgan fingerprint density at radius 3 is 2.39 bits per heavy atom. The quantitative estimate of drug-likeness (QED) is 0.424. The van der Waals surface area contributed by atoms with Crippen molar-refractivity contribution in [1.82, 2.24) is 0 Å². The molecule has 33 heavy (non-hydrogen) atoms. The van der Waals surface area contributed by atoms with Gasteiger partial charge >= 0.3 is 0 Å². The lowest BCUT2D eigenvalue weighted by molar-refractivity contribution is -0.115. The number of ether oxygens (including phenoxy) is 1. The highest BCUT2D eigenvalue weighted by atomic mass is 16.5. The zero-order valence-electron chi connectivity index (χ0n) is 19.9. The highest BCUT2D eigenvalue weighted by molar-refractivity contribution is 6.01. The predicted molar refractivity (Wildman–Crippen MR) is 128 cm³/mol. The summed E-state index contributed by atoms with van der Waals surface area (Å²) >= 11 is 0. The molecule has 3 fully saturated rings. The molecule has 0 amide bonds. The van der Waals surface area contributed by atoms with E-state index in [9.17, 15) is 9.90 Å². The Balaban J connectivity index is 0.000000275. The van der Waals surface area contributed by atoms with Crippen LogP contribution in [0.25, 0.3) is 0 Å². The normalized spacial score (nSPS) is 36.7. The van der Waals surface area contributed by atoms with Crippen LogP contribution in [0.4, 0.5) is 0 Å². The second-order valence-electron chi connectivity index (χ2n) is 10.5. The molecule has 0 radical (unpaired) electrons. The van der Waals surface area contributed by atoms with Crippen molar-refractivity contribution in [3.8, 4) is 11.5 Å². The minimum absolute atomic E-state index is 0.0315. The first-order valence-corrected chi connectivity index (χ1v) is 12.5. The molecule has 1 aromatic carbocycles. The number of hydrogen-bond donors (Lipinski definition) is 3. The second kappa shape index (κ2) is 9.63. The van der Waals surface area contributed by atoms with Crippen molar-refractivity contribution in [2.75, 3.05) is 6.61 Å². The van der Waals surface area contributed by atoms with Crippen molar-refractivity contribution in [1.29, 1.82) is 0 Å². The van der Waals surface area contributed by atoms with E-state index in [1.165, 1.54) is 43.5 Å². The van der Waals surface area contributed by atoms with E-state index in [1.807, 2.05) is 0 Å². The lowest BCUT2D eigenvalue weighted by Crippen LogP contribution is -2.54. The van der Waals surface area contributed by atoms with E-state index in [0.717, 1.165) is 44.3 Å². The Hall–Kier alpha value is -2.11. The molecule has 0 heterocycles. The lowest BCUT2D eigenvalue weighted by Gasteiger charge is -2.55. The van der Waals surface area contributed by atoms with E-state index < -0.39 is 5.60 Å². The van der Waals surface area contributed by atoms with Crippen molar-refractivity contribution >= 4 is 5.78 Å². The molecule has 4 aliphatic rings. The summed E-state index contributed by atoms with van der Waals surface area (Å²) in [5, 5.41) is 28.7. The number of ketones is 1. The zero-order chi connectivity index (χ0) is 23.6. The Kier molecular flexibility index (Phi) is 7.01. The Morgan fingerprint density at radius 1 is 1.03 bits per heavy atom. The van der Waals surface area contributed by atoms with Crippen molar-refractivity contribution in [2.45, 2.75) is 76.9 Å². The molecule has 3 saturated carbocycles. The molecular formula is C28H38O5. The van der Waals surface area contributed by atoms with Gasteiger partial charge in [0.05, 0.1) is 6.10 Å². The summed E-state index contributed by atoms with van der Waals surface area (Å²) in [5.41, 5.74) is 0.346. The largest absolute Gasteiger partial charge is 0.508 e. The summed E-state index contributed by atoms with van der Waals surface area (Å²) < 4.78 is 6.31. The first kappa shape index (κ1) is 24.0. The lowest BCUT2D eigenvalue weighted by atomic mass is 9.51. The maximum atomic E-state index is 11.7. The van der Waals surface area contributed by atoms with Gasteiger partial charge in [0, 0.05) is 6.61 Å². The van der Waals surface area contributed by atoms with Crippen molar-refractivity contribution in [2.24, 2.45) is 23.2 Å². The van der Waals surface area contributed by atoms with Gasteiger partial charge in [0.2, 0.25) is 0 Å². The van der Waals surface area contributed by atoms with Gasteiger partial charge < -0.3 is 20.1 Å². The van der Waals surface area contributed by atoms with Crippen LogP contribution in [0.1, 0.15) is 65.2 Å². The Morgan fingerprint density at radius 2 is 1.73 bits per heavy atom. The van der Waals surface area contributed by atoms with Crippen LogP contribution in [-0.2, 0) is 9.53 Å². The Bertz CT molecular complexity index is 882. The summed E-state index contributed by atoms with van der Waals surface area (Å²) in [7, 11) is 0. The third-order valence-electron chi connectivity index (χ3n) is 8.66. The number of carbonyl (C=O) groups excluding carboxylic acids is 1. The van der Waals surface area contributed by atoms with Crippen LogP contribution in [0.2, 0.25) is 0 Å². The average molecular weight is 455 g/mol. The number of aliphatic hydroxyl groups is 1. The molecule has 3 N–H and O–H groups in total. The van der Waals surface area contributed by atoms with Gasteiger partial charge in [-0.05, 0) is 116 Å². The van der Waals surface area contributed by atoms with Crippen molar-refractivity contribution in [3.63, 3.8) is 0 Å². The van der Waals surface area contributed by atoms with Gasteiger partial charge in [0.25, 0.3) is 0 Å².